The third-order valence-electron chi connectivity index (χ3n) is 1.81. The van der Waals surface area contributed by atoms with Crippen LogP contribution < -0.4 is 0 Å². The number of thiocarbonyl (C=S) groups is 1. The molecule has 0 atom stereocenters. The van der Waals surface area contributed by atoms with Gasteiger partial charge in [0.15, 0.2) is 0 Å². The summed E-state index contributed by atoms with van der Waals surface area (Å²) in [6.07, 6.45) is 0. The molecule has 64 valence electrons. The average Bonchev–Trinajstić information content (AvgIpc) is 1.96. The van der Waals surface area contributed by atoms with Gasteiger partial charge >= 0.3 is 0 Å². The van der Waals surface area contributed by atoms with Gasteiger partial charge in [-0.2, -0.15) is 0 Å². The molecule has 0 radical (unpaired) electrons. The molecule has 0 N–H and O–H groups in total. The topological polar surface area (TPSA) is 25.8 Å². The molecule has 0 fully saturated rings. The zero-order valence-corrected chi connectivity index (χ0v) is 8.62. The quantitative estimate of drug-likeness (QED) is 0.489. The molecule has 3 heteroatoms. The van der Waals surface area contributed by atoms with Gasteiger partial charge in [0.25, 0.3) is 0 Å². The number of hydrogen-bond donors (Lipinski definition) is 0. The first kappa shape index (κ1) is 9.26. The van der Waals surface area contributed by atoms with Crippen LogP contribution in [0.25, 0.3) is 0 Å². The summed E-state index contributed by atoms with van der Waals surface area (Å²) in [5.41, 5.74) is 3.71. The average molecular weight is 180 g/mol. The van der Waals surface area contributed by atoms with Crippen LogP contribution in [-0.2, 0) is 0 Å². The molecule has 0 spiro atoms. The summed E-state index contributed by atoms with van der Waals surface area (Å²) in [5.74, 6) is 0. The molecule has 0 saturated heterocycles. The van der Waals surface area contributed by atoms with Crippen LogP contribution in [0.3, 0.4) is 0 Å². The molecule has 0 saturated carbocycles. The second-order valence-electron chi connectivity index (χ2n) is 2.88. The fourth-order valence-electron chi connectivity index (χ4n) is 1.05. The molecule has 0 aliphatic heterocycles. The van der Waals surface area contributed by atoms with Crippen LogP contribution in [0.5, 0.6) is 0 Å². The normalized spacial score (nSPS) is 10.0. The van der Waals surface area contributed by atoms with Gasteiger partial charge in [-0.25, -0.2) is 4.98 Å². The Bertz CT molecular complexity index is 332. The standard InChI is InChI=1S/C9H12N2S/c1-5-6(2)11-9(8(4)12)7(3)10-5/h1-4H3. The predicted molar refractivity (Wildman–Crippen MR) is 53.6 cm³/mol. The highest BCUT2D eigenvalue weighted by molar-refractivity contribution is 7.80. The Hall–Kier alpha value is -0.830. The number of rotatable bonds is 1. The summed E-state index contributed by atoms with van der Waals surface area (Å²) in [7, 11) is 0. The van der Waals surface area contributed by atoms with E-state index in [-0.39, 0.29) is 0 Å². The largest absolute Gasteiger partial charge is 0.254 e. The lowest BCUT2D eigenvalue weighted by Gasteiger charge is -2.05. The lowest BCUT2D eigenvalue weighted by molar-refractivity contribution is 0.992. The predicted octanol–water partition coefficient (Wildman–Crippen LogP) is 2.14. The molecule has 0 aliphatic rings. The smallest absolute Gasteiger partial charge is 0.0981 e. The highest BCUT2D eigenvalue weighted by Crippen LogP contribution is 2.07. The van der Waals surface area contributed by atoms with Crippen LogP contribution in [-0.4, -0.2) is 14.8 Å². The Morgan fingerprint density at radius 3 is 2.00 bits per heavy atom. The van der Waals surface area contributed by atoms with E-state index in [1.54, 1.807) is 0 Å². The van der Waals surface area contributed by atoms with Gasteiger partial charge in [-0.15, -0.1) is 0 Å². The highest BCUT2D eigenvalue weighted by atomic mass is 32.1. The van der Waals surface area contributed by atoms with Gasteiger partial charge in [-0.1, -0.05) is 12.2 Å². The maximum Gasteiger partial charge on any atom is 0.0981 e. The van der Waals surface area contributed by atoms with Crippen molar-refractivity contribution in [3.8, 4) is 0 Å². The number of nitrogens with zero attached hydrogens (tertiary/aromatic N) is 2. The van der Waals surface area contributed by atoms with Crippen LogP contribution in [0.2, 0.25) is 0 Å². The van der Waals surface area contributed by atoms with Crippen molar-refractivity contribution in [3.63, 3.8) is 0 Å². The summed E-state index contributed by atoms with van der Waals surface area (Å²) in [6, 6.07) is 0. The number of aryl methyl sites for hydroxylation is 3. The highest BCUT2D eigenvalue weighted by Gasteiger charge is 2.05. The van der Waals surface area contributed by atoms with E-state index >= 15 is 0 Å². The van der Waals surface area contributed by atoms with E-state index in [1.807, 2.05) is 27.7 Å². The fraction of sp³-hybridized carbons (Fsp3) is 0.444. The van der Waals surface area contributed by atoms with Crippen molar-refractivity contribution in [2.24, 2.45) is 0 Å². The fourth-order valence-corrected chi connectivity index (χ4v) is 1.24. The molecule has 1 heterocycles. The summed E-state index contributed by atoms with van der Waals surface area (Å²) >= 11 is 5.05. The van der Waals surface area contributed by atoms with Crippen molar-refractivity contribution in [1.29, 1.82) is 0 Å². The van der Waals surface area contributed by atoms with Crippen molar-refractivity contribution in [2.45, 2.75) is 27.7 Å². The molecular formula is C9H12N2S. The molecule has 0 amide bonds. The van der Waals surface area contributed by atoms with E-state index in [1.165, 1.54) is 0 Å². The number of aromatic nitrogens is 2. The summed E-state index contributed by atoms with van der Waals surface area (Å²) in [5, 5.41) is 0. The maximum absolute atomic E-state index is 5.05. The monoisotopic (exact) mass is 180 g/mol. The van der Waals surface area contributed by atoms with Gasteiger partial charge in [0.1, 0.15) is 0 Å². The third-order valence-corrected chi connectivity index (χ3v) is 2.01. The second-order valence-corrected chi connectivity index (χ2v) is 3.50. The second kappa shape index (κ2) is 3.27. The van der Waals surface area contributed by atoms with Gasteiger partial charge in [0.2, 0.25) is 0 Å². The maximum atomic E-state index is 5.05. The molecule has 12 heavy (non-hydrogen) atoms. The summed E-state index contributed by atoms with van der Waals surface area (Å²) < 4.78 is 0. The molecule has 2 nitrogen and oxygen atoms in total. The van der Waals surface area contributed by atoms with Crippen molar-refractivity contribution in [1.82, 2.24) is 9.97 Å². The van der Waals surface area contributed by atoms with Crippen molar-refractivity contribution < 1.29 is 0 Å². The Morgan fingerprint density at radius 2 is 1.50 bits per heavy atom. The van der Waals surface area contributed by atoms with Gasteiger partial charge in [0, 0.05) is 4.86 Å². The zero-order chi connectivity index (χ0) is 9.30. The molecular weight excluding hydrogens is 168 g/mol. The van der Waals surface area contributed by atoms with Gasteiger partial charge in [-0.3, -0.25) is 4.98 Å². The lowest BCUT2D eigenvalue weighted by Crippen LogP contribution is -2.05. The minimum absolute atomic E-state index is 0.808. The van der Waals surface area contributed by atoms with E-state index in [9.17, 15) is 0 Å². The van der Waals surface area contributed by atoms with E-state index in [4.69, 9.17) is 12.2 Å². The molecule has 0 unspecified atom stereocenters. The van der Waals surface area contributed by atoms with Crippen LogP contribution in [0.1, 0.15) is 29.7 Å². The molecule has 0 aromatic carbocycles. The summed E-state index contributed by atoms with van der Waals surface area (Å²) in [4.78, 5) is 9.52. The SMILES string of the molecule is CC(=S)c1nc(C)c(C)nc1C. The minimum Gasteiger partial charge on any atom is -0.254 e. The van der Waals surface area contributed by atoms with Crippen molar-refractivity contribution >= 4 is 17.1 Å². The first-order chi connectivity index (χ1) is 5.52. The molecule has 0 bridgehead atoms. The van der Waals surface area contributed by atoms with E-state index < -0.39 is 0 Å². The van der Waals surface area contributed by atoms with Gasteiger partial charge in [-0.05, 0) is 27.7 Å². The Labute approximate surface area is 78.1 Å². The van der Waals surface area contributed by atoms with Crippen LogP contribution in [0.15, 0.2) is 0 Å². The van der Waals surface area contributed by atoms with Gasteiger partial charge in [0.05, 0.1) is 22.8 Å². The first-order valence-electron chi connectivity index (χ1n) is 3.85. The zero-order valence-electron chi connectivity index (χ0n) is 7.80. The molecule has 1 aromatic rings. The first-order valence-corrected chi connectivity index (χ1v) is 4.26. The van der Waals surface area contributed by atoms with Gasteiger partial charge < -0.3 is 0 Å². The van der Waals surface area contributed by atoms with Crippen molar-refractivity contribution in [2.75, 3.05) is 0 Å². The minimum atomic E-state index is 0.808. The number of hydrogen-bond acceptors (Lipinski definition) is 3. The lowest BCUT2D eigenvalue weighted by atomic mass is 10.2. The Kier molecular flexibility index (Phi) is 2.52. The Morgan fingerprint density at radius 1 is 1.00 bits per heavy atom. The van der Waals surface area contributed by atoms with Crippen molar-refractivity contribution in [3.05, 3.63) is 22.8 Å². The molecule has 0 aliphatic carbocycles. The van der Waals surface area contributed by atoms with Crippen LogP contribution in [0, 0.1) is 20.8 Å². The Balaban J connectivity index is 3.33. The third kappa shape index (κ3) is 1.67. The van der Waals surface area contributed by atoms with E-state index in [0.717, 1.165) is 27.6 Å². The molecule has 1 rings (SSSR count). The van der Waals surface area contributed by atoms with E-state index in [0.29, 0.717) is 0 Å². The van der Waals surface area contributed by atoms with E-state index in [2.05, 4.69) is 9.97 Å². The summed E-state index contributed by atoms with van der Waals surface area (Å²) in [6.45, 7) is 7.72. The molecule has 1 aromatic heterocycles. The van der Waals surface area contributed by atoms with Crippen LogP contribution in [0.4, 0.5) is 0 Å². The van der Waals surface area contributed by atoms with Crippen LogP contribution >= 0.6 is 12.2 Å².